The lowest BCUT2D eigenvalue weighted by Gasteiger charge is -2.33. The molecule has 1 N–H and O–H groups in total. The van der Waals surface area contributed by atoms with Crippen molar-refractivity contribution in [2.45, 2.75) is 45.8 Å². The highest BCUT2D eigenvalue weighted by atomic mass is 35.5. The number of nitrogens with zero attached hydrogens (tertiary/aromatic N) is 2. The predicted octanol–water partition coefficient (Wildman–Crippen LogP) is 4.10. The Balaban J connectivity index is 2.43. The Labute approximate surface area is 217 Å². The van der Waals surface area contributed by atoms with E-state index < -0.39 is 34.1 Å². The van der Waals surface area contributed by atoms with Gasteiger partial charge in [-0.25, -0.2) is 8.42 Å². The third-order valence-corrected chi connectivity index (χ3v) is 6.79. The first-order chi connectivity index (χ1) is 16.1. The first-order valence-corrected chi connectivity index (χ1v) is 13.4. The van der Waals surface area contributed by atoms with E-state index in [0.29, 0.717) is 21.4 Å². The van der Waals surface area contributed by atoms with Crippen molar-refractivity contribution in [1.82, 2.24) is 10.2 Å². The van der Waals surface area contributed by atoms with Crippen molar-refractivity contribution >= 4 is 50.7 Å². The van der Waals surface area contributed by atoms with Gasteiger partial charge in [-0.2, -0.15) is 0 Å². The SMILES string of the molecule is COc1ccc(N(CC(=O)N(Cc2ccc(Cl)cc2Cl)C(C)C(=O)NC(C)(C)C)S(C)(=O)=O)cc1. The van der Waals surface area contributed by atoms with E-state index in [1.807, 2.05) is 20.8 Å². The number of carbonyl (C=O) groups excluding carboxylic acids is 2. The van der Waals surface area contributed by atoms with Crippen molar-refractivity contribution in [2.75, 3.05) is 24.2 Å². The molecule has 1 atom stereocenters. The highest BCUT2D eigenvalue weighted by Crippen LogP contribution is 2.25. The smallest absolute Gasteiger partial charge is 0.244 e. The lowest BCUT2D eigenvalue weighted by atomic mass is 10.1. The van der Waals surface area contributed by atoms with E-state index >= 15 is 0 Å². The van der Waals surface area contributed by atoms with Crippen molar-refractivity contribution < 1.29 is 22.7 Å². The van der Waals surface area contributed by atoms with Gasteiger partial charge >= 0.3 is 0 Å². The minimum atomic E-state index is -3.83. The molecule has 0 spiro atoms. The summed E-state index contributed by atoms with van der Waals surface area (Å²) in [6, 6.07) is 10.2. The van der Waals surface area contributed by atoms with Gasteiger partial charge in [-0.3, -0.25) is 13.9 Å². The molecule has 0 saturated carbocycles. The zero-order chi connectivity index (χ0) is 26.6. The fourth-order valence-corrected chi connectivity index (χ4v) is 4.57. The molecule has 0 aliphatic rings. The average molecular weight is 545 g/mol. The van der Waals surface area contributed by atoms with Crippen LogP contribution in [0.1, 0.15) is 33.3 Å². The summed E-state index contributed by atoms with van der Waals surface area (Å²) < 4.78 is 31.3. The Kier molecular flexibility index (Phi) is 9.44. The number of anilines is 1. The lowest BCUT2D eigenvalue weighted by molar-refractivity contribution is -0.140. The third kappa shape index (κ3) is 8.30. The molecular formula is C24H31Cl2N3O5S. The first kappa shape index (κ1) is 28.7. The molecule has 0 heterocycles. The number of benzene rings is 2. The number of nitrogens with one attached hydrogen (secondary N) is 1. The third-order valence-electron chi connectivity index (χ3n) is 5.06. The minimum absolute atomic E-state index is 0.0201. The molecule has 0 aliphatic carbocycles. The molecule has 2 rings (SSSR count). The number of rotatable bonds is 9. The molecule has 11 heteroatoms. The molecule has 192 valence electrons. The van der Waals surface area contributed by atoms with Crippen LogP contribution in [0, 0.1) is 0 Å². The summed E-state index contributed by atoms with van der Waals surface area (Å²) in [6.07, 6.45) is 1.01. The normalized spacial score (nSPS) is 12.6. The fraction of sp³-hybridized carbons (Fsp3) is 0.417. The maximum atomic E-state index is 13.5. The van der Waals surface area contributed by atoms with Gasteiger partial charge in [0, 0.05) is 22.1 Å². The molecule has 35 heavy (non-hydrogen) atoms. The van der Waals surface area contributed by atoms with E-state index in [1.165, 1.54) is 12.0 Å². The molecule has 2 aromatic rings. The number of hydrogen-bond donors (Lipinski definition) is 1. The average Bonchev–Trinajstić information content (AvgIpc) is 2.74. The van der Waals surface area contributed by atoms with Crippen LogP contribution < -0.4 is 14.4 Å². The molecular weight excluding hydrogens is 513 g/mol. The second kappa shape index (κ2) is 11.5. The number of ether oxygens (including phenoxy) is 1. The molecule has 0 fully saturated rings. The summed E-state index contributed by atoms with van der Waals surface area (Å²) in [5.41, 5.74) is 0.327. The minimum Gasteiger partial charge on any atom is -0.497 e. The topological polar surface area (TPSA) is 96.0 Å². The first-order valence-electron chi connectivity index (χ1n) is 10.8. The van der Waals surface area contributed by atoms with Crippen molar-refractivity contribution in [3.8, 4) is 5.75 Å². The molecule has 0 radical (unpaired) electrons. The van der Waals surface area contributed by atoms with Gasteiger partial charge in [0.15, 0.2) is 0 Å². The van der Waals surface area contributed by atoms with Crippen molar-refractivity contribution in [3.63, 3.8) is 0 Å². The quantitative estimate of drug-likeness (QED) is 0.513. The zero-order valence-electron chi connectivity index (χ0n) is 20.6. The number of halogens is 2. The zero-order valence-corrected chi connectivity index (χ0v) is 23.0. The standard InChI is InChI=1S/C24H31Cl2N3O5S/c1-16(23(31)27-24(2,3)4)28(14-17-7-8-18(25)13-21(17)26)22(30)15-29(35(6,32)33)19-9-11-20(34-5)12-10-19/h7-13,16H,14-15H2,1-6H3,(H,27,31). The Morgan fingerprint density at radius 3 is 2.17 bits per heavy atom. The molecule has 2 amide bonds. The highest BCUT2D eigenvalue weighted by molar-refractivity contribution is 7.92. The van der Waals surface area contributed by atoms with Gasteiger partial charge in [-0.05, 0) is 69.7 Å². The van der Waals surface area contributed by atoms with Gasteiger partial charge < -0.3 is 15.0 Å². The van der Waals surface area contributed by atoms with Crippen LogP contribution in [0.4, 0.5) is 5.69 Å². The van der Waals surface area contributed by atoms with E-state index in [0.717, 1.165) is 10.6 Å². The highest BCUT2D eigenvalue weighted by Gasteiger charge is 2.31. The van der Waals surface area contributed by atoms with Crippen LogP contribution in [-0.4, -0.2) is 56.6 Å². The lowest BCUT2D eigenvalue weighted by Crippen LogP contribution is -2.54. The number of carbonyl (C=O) groups is 2. The fourth-order valence-electron chi connectivity index (χ4n) is 3.25. The molecule has 1 unspecified atom stereocenters. The Morgan fingerprint density at radius 1 is 1.09 bits per heavy atom. The number of methoxy groups -OCH3 is 1. The molecule has 0 aromatic heterocycles. The van der Waals surface area contributed by atoms with E-state index in [2.05, 4.69) is 5.32 Å². The largest absolute Gasteiger partial charge is 0.497 e. The Morgan fingerprint density at radius 2 is 1.69 bits per heavy atom. The summed E-state index contributed by atoms with van der Waals surface area (Å²) in [4.78, 5) is 27.8. The van der Waals surface area contributed by atoms with Crippen LogP contribution in [0.25, 0.3) is 0 Å². The van der Waals surface area contributed by atoms with Crippen LogP contribution in [0.15, 0.2) is 42.5 Å². The number of amides is 2. The summed E-state index contributed by atoms with van der Waals surface area (Å²) in [7, 11) is -2.33. The summed E-state index contributed by atoms with van der Waals surface area (Å²) in [6.45, 7) is 6.54. The summed E-state index contributed by atoms with van der Waals surface area (Å²) >= 11 is 12.3. The maximum Gasteiger partial charge on any atom is 0.244 e. The van der Waals surface area contributed by atoms with Crippen molar-refractivity contribution in [2.24, 2.45) is 0 Å². The number of sulfonamides is 1. The van der Waals surface area contributed by atoms with Crippen molar-refractivity contribution in [3.05, 3.63) is 58.1 Å². The van der Waals surface area contributed by atoms with Gasteiger partial charge in [-0.15, -0.1) is 0 Å². The molecule has 2 aromatic carbocycles. The van der Waals surface area contributed by atoms with Crippen LogP contribution in [-0.2, 0) is 26.2 Å². The second-order valence-corrected chi connectivity index (χ2v) is 11.9. The van der Waals surface area contributed by atoms with Gasteiger partial charge in [-0.1, -0.05) is 29.3 Å². The monoisotopic (exact) mass is 543 g/mol. The summed E-state index contributed by atoms with van der Waals surface area (Å²) in [5, 5.41) is 3.62. The maximum absolute atomic E-state index is 13.5. The van der Waals surface area contributed by atoms with E-state index in [4.69, 9.17) is 27.9 Å². The molecule has 8 nitrogen and oxygen atoms in total. The van der Waals surface area contributed by atoms with Crippen LogP contribution in [0.5, 0.6) is 5.75 Å². The number of hydrogen-bond acceptors (Lipinski definition) is 5. The Bertz CT molecular complexity index is 1160. The van der Waals surface area contributed by atoms with Gasteiger partial charge in [0.05, 0.1) is 19.1 Å². The summed E-state index contributed by atoms with van der Waals surface area (Å²) in [5.74, 6) is -0.417. The predicted molar refractivity (Wildman–Crippen MR) is 140 cm³/mol. The van der Waals surface area contributed by atoms with Gasteiger partial charge in [0.1, 0.15) is 18.3 Å². The molecule has 0 bridgehead atoms. The van der Waals surface area contributed by atoms with Crippen molar-refractivity contribution in [1.29, 1.82) is 0 Å². The van der Waals surface area contributed by atoms with Gasteiger partial charge in [0.2, 0.25) is 21.8 Å². The van der Waals surface area contributed by atoms with E-state index in [9.17, 15) is 18.0 Å². The van der Waals surface area contributed by atoms with Crippen LogP contribution >= 0.6 is 23.2 Å². The van der Waals surface area contributed by atoms with E-state index in [-0.39, 0.29) is 18.1 Å². The van der Waals surface area contributed by atoms with Crippen LogP contribution in [0.2, 0.25) is 10.0 Å². The molecule has 0 saturated heterocycles. The van der Waals surface area contributed by atoms with E-state index in [1.54, 1.807) is 49.4 Å². The van der Waals surface area contributed by atoms with Crippen LogP contribution in [0.3, 0.4) is 0 Å². The molecule has 0 aliphatic heterocycles. The second-order valence-electron chi connectivity index (χ2n) is 9.14. The van der Waals surface area contributed by atoms with Gasteiger partial charge in [0.25, 0.3) is 0 Å². The Hall–Kier alpha value is -2.49.